The second-order valence-corrected chi connectivity index (χ2v) is 8.00. The minimum atomic E-state index is -0.745. The Balaban J connectivity index is 1.67. The van der Waals surface area contributed by atoms with Crippen LogP contribution in [0.15, 0.2) is 30.3 Å². The normalized spacial score (nSPS) is 24.3. The standard InChI is InChI=1S/C21H31N3O3/c1-23-12-10-19(11-13-23)24(15-16-6-3-2-4-7-16)21(27)22-18-9-5-8-17(14-18)20(25)26/h2-4,6-7,17-19H,5,8-15H2,1H3,(H,22,27)(H,25,26). The maximum atomic E-state index is 13.1. The van der Waals surface area contributed by atoms with E-state index in [4.69, 9.17) is 0 Å². The molecule has 3 rings (SSSR count). The van der Waals surface area contributed by atoms with Crippen molar-refractivity contribution in [2.24, 2.45) is 5.92 Å². The van der Waals surface area contributed by atoms with E-state index < -0.39 is 5.97 Å². The van der Waals surface area contributed by atoms with Crippen molar-refractivity contribution in [3.05, 3.63) is 35.9 Å². The molecule has 6 heteroatoms. The molecular weight excluding hydrogens is 342 g/mol. The Morgan fingerprint density at radius 2 is 1.85 bits per heavy atom. The molecule has 0 aromatic heterocycles. The van der Waals surface area contributed by atoms with Crippen molar-refractivity contribution in [3.63, 3.8) is 0 Å². The maximum absolute atomic E-state index is 13.1. The number of carboxylic acid groups (broad SMARTS) is 1. The first-order valence-corrected chi connectivity index (χ1v) is 10.1. The lowest BCUT2D eigenvalue weighted by atomic mass is 9.86. The SMILES string of the molecule is CN1CCC(N(Cc2ccccc2)C(=O)NC2CCCC(C(=O)O)C2)CC1. The molecule has 2 amide bonds. The van der Waals surface area contributed by atoms with Gasteiger partial charge in [-0.3, -0.25) is 4.79 Å². The van der Waals surface area contributed by atoms with Gasteiger partial charge in [0.15, 0.2) is 0 Å². The average molecular weight is 373 g/mol. The molecular formula is C21H31N3O3. The van der Waals surface area contributed by atoms with Gasteiger partial charge in [-0.1, -0.05) is 36.8 Å². The highest BCUT2D eigenvalue weighted by atomic mass is 16.4. The number of nitrogens with zero attached hydrogens (tertiary/aromatic N) is 2. The van der Waals surface area contributed by atoms with Crippen LogP contribution in [0.3, 0.4) is 0 Å². The molecule has 148 valence electrons. The molecule has 2 unspecified atom stereocenters. The number of carbonyl (C=O) groups is 2. The molecule has 6 nitrogen and oxygen atoms in total. The largest absolute Gasteiger partial charge is 0.481 e. The lowest BCUT2D eigenvalue weighted by Gasteiger charge is -2.38. The molecule has 1 heterocycles. The van der Waals surface area contributed by atoms with E-state index in [-0.39, 0.29) is 24.0 Å². The molecule has 27 heavy (non-hydrogen) atoms. The summed E-state index contributed by atoms with van der Waals surface area (Å²) in [5.41, 5.74) is 1.12. The van der Waals surface area contributed by atoms with Crippen LogP contribution in [0.1, 0.15) is 44.1 Å². The Labute approximate surface area is 161 Å². The Bertz CT molecular complexity index is 629. The summed E-state index contributed by atoms with van der Waals surface area (Å²) in [4.78, 5) is 28.7. The van der Waals surface area contributed by atoms with Gasteiger partial charge in [-0.05, 0) is 57.8 Å². The highest BCUT2D eigenvalue weighted by molar-refractivity contribution is 5.75. The molecule has 0 spiro atoms. The zero-order valence-corrected chi connectivity index (χ0v) is 16.1. The first-order chi connectivity index (χ1) is 13.0. The van der Waals surface area contributed by atoms with Crippen LogP contribution >= 0.6 is 0 Å². The summed E-state index contributed by atoms with van der Waals surface area (Å²) in [6, 6.07) is 10.2. The van der Waals surface area contributed by atoms with Crippen LogP contribution in [0.5, 0.6) is 0 Å². The van der Waals surface area contributed by atoms with E-state index >= 15 is 0 Å². The summed E-state index contributed by atoms with van der Waals surface area (Å²) in [5, 5.41) is 12.4. The van der Waals surface area contributed by atoms with Gasteiger partial charge in [0.05, 0.1) is 5.92 Å². The van der Waals surface area contributed by atoms with E-state index in [1.165, 1.54) is 0 Å². The molecule has 1 aliphatic heterocycles. The van der Waals surface area contributed by atoms with E-state index in [0.717, 1.165) is 44.3 Å². The lowest BCUT2D eigenvalue weighted by Crippen LogP contribution is -2.52. The molecule has 2 aliphatic rings. The number of nitrogens with one attached hydrogen (secondary N) is 1. The number of amides is 2. The van der Waals surface area contributed by atoms with E-state index in [9.17, 15) is 14.7 Å². The summed E-state index contributed by atoms with van der Waals surface area (Å²) >= 11 is 0. The maximum Gasteiger partial charge on any atom is 0.318 e. The summed E-state index contributed by atoms with van der Waals surface area (Å²) in [7, 11) is 2.12. The topological polar surface area (TPSA) is 72.9 Å². The van der Waals surface area contributed by atoms with Gasteiger partial charge in [-0.2, -0.15) is 0 Å². The number of hydrogen-bond donors (Lipinski definition) is 2. The van der Waals surface area contributed by atoms with E-state index in [2.05, 4.69) is 29.4 Å². The van der Waals surface area contributed by atoms with Crippen molar-refractivity contribution < 1.29 is 14.7 Å². The van der Waals surface area contributed by atoms with Crippen molar-refractivity contribution in [2.75, 3.05) is 20.1 Å². The summed E-state index contributed by atoms with van der Waals surface area (Å²) in [5.74, 6) is -1.08. The Morgan fingerprint density at radius 1 is 1.15 bits per heavy atom. The first kappa shape index (κ1) is 19.7. The number of benzene rings is 1. The quantitative estimate of drug-likeness (QED) is 0.832. The number of aliphatic carboxylic acids is 1. The third kappa shape index (κ3) is 5.45. The molecule has 1 aliphatic carbocycles. The fourth-order valence-electron chi connectivity index (χ4n) is 4.26. The second-order valence-electron chi connectivity index (χ2n) is 8.00. The predicted molar refractivity (Wildman–Crippen MR) is 104 cm³/mol. The zero-order chi connectivity index (χ0) is 19.2. The van der Waals surface area contributed by atoms with Gasteiger partial charge in [0.2, 0.25) is 0 Å². The van der Waals surface area contributed by atoms with E-state index in [0.29, 0.717) is 19.4 Å². The van der Waals surface area contributed by atoms with Crippen LogP contribution in [0.2, 0.25) is 0 Å². The monoisotopic (exact) mass is 373 g/mol. The van der Waals surface area contributed by atoms with Gasteiger partial charge in [0.25, 0.3) is 0 Å². The van der Waals surface area contributed by atoms with Gasteiger partial charge in [0, 0.05) is 18.6 Å². The molecule has 2 fully saturated rings. The fourth-order valence-corrected chi connectivity index (χ4v) is 4.26. The number of hydrogen-bond acceptors (Lipinski definition) is 3. The number of rotatable bonds is 5. The Hall–Kier alpha value is -2.08. The third-order valence-electron chi connectivity index (χ3n) is 5.94. The Kier molecular flexibility index (Phi) is 6.72. The van der Waals surface area contributed by atoms with Crippen LogP contribution in [0.25, 0.3) is 0 Å². The van der Waals surface area contributed by atoms with Gasteiger partial charge in [-0.25, -0.2) is 4.79 Å². The van der Waals surface area contributed by atoms with Gasteiger partial charge < -0.3 is 20.2 Å². The highest BCUT2D eigenvalue weighted by Crippen LogP contribution is 2.25. The highest BCUT2D eigenvalue weighted by Gasteiger charge is 2.31. The van der Waals surface area contributed by atoms with Crippen LogP contribution in [0, 0.1) is 5.92 Å². The van der Waals surface area contributed by atoms with Crippen molar-refractivity contribution in [2.45, 2.75) is 57.2 Å². The van der Waals surface area contributed by atoms with E-state index in [1.54, 1.807) is 0 Å². The molecule has 2 N–H and O–H groups in total. The van der Waals surface area contributed by atoms with Gasteiger partial charge >= 0.3 is 12.0 Å². The number of urea groups is 1. The van der Waals surface area contributed by atoms with Crippen LogP contribution in [-0.2, 0) is 11.3 Å². The molecule has 1 aromatic carbocycles. The number of piperidine rings is 1. The van der Waals surface area contributed by atoms with Gasteiger partial charge in [0.1, 0.15) is 0 Å². The van der Waals surface area contributed by atoms with Crippen molar-refractivity contribution in [3.8, 4) is 0 Å². The average Bonchev–Trinajstić information content (AvgIpc) is 2.68. The number of carboxylic acids is 1. The smallest absolute Gasteiger partial charge is 0.318 e. The van der Waals surface area contributed by atoms with E-state index in [1.807, 2.05) is 23.1 Å². The summed E-state index contributed by atoms with van der Waals surface area (Å²) in [6.45, 7) is 2.58. The number of carbonyl (C=O) groups excluding carboxylic acids is 1. The minimum absolute atomic E-state index is 0.0445. The molecule has 1 saturated carbocycles. The molecule has 1 saturated heterocycles. The fraction of sp³-hybridized carbons (Fsp3) is 0.619. The number of likely N-dealkylation sites (tertiary alicyclic amines) is 1. The van der Waals surface area contributed by atoms with Crippen LogP contribution < -0.4 is 5.32 Å². The van der Waals surface area contributed by atoms with Crippen molar-refractivity contribution >= 4 is 12.0 Å². The van der Waals surface area contributed by atoms with Crippen LogP contribution in [-0.4, -0.2) is 59.1 Å². The van der Waals surface area contributed by atoms with Gasteiger partial charge in [-0.15, -0.1) is 0 Å². The molecule has 1 aromatic rings. The predicted octanol–water partition coefficient (Wildman–Crippen LogP) is 2.94. The Morgan fingerprint density at radius 3 is 2.52 bits per heavy atom. The van der Waals surface area contributed by atoms with Crippen molar-refractivity contribution in [1.82, 2.24) is 15.1 Å². The molecule has 0 radical (unpaired) electrons. The van der Waals surface area contributed by atoms with Crippen LogP contribution in [0.4, 0.5) is 4.79 Å². The first-order valence-electron chi connectivity index (χ1n) is 10.1. The summed E-state index contributed by atoms with van der Waals surface area (Å²) in [6.07, 6.45) is 4.91. The minimum Gasteiger partial charge on any atom is -0.481 e. The third-order valence-corrected chi connectivity index (χ3v) is 5.94. The molecule has 2 atom stereocenters. The second kappa shape index (κ2) is 9.22. The van der Waals surface area contributed by atoms with Crippen molar-refractivity contribution in [1.29, 1.82) is 0 Å². The zero-order valence-electron chi connectivity index (χ0n) is 16.1. The lowest BCUT2D eigenvalue weighted by molar-refractivity contribution is -0.143. The summed E-state index contributed by atoms with van der Waals surface area (Å²) < 4.78 is 0. The molecule has 0 bridgehead atoms.